The van der Waals surface area contributed by atoms with Gasteiger partial charge in [-0.2, -0.15) is 13.4 Å². The molecule has 224 valence electrons. The molecule has 1 amide bonds. The number of rotatable bonds is 11. The number of hydrogen-bond acceptors (Lipinski definition) is 8. The number of benzene rings is 3. The van der Waals surface area contributed by atoms with Crippen molar-refractivity contribution in [3.63, 3.8) is 0 Å². The molecule has 0 aliphatic carbocycles. The van der Waals surface area contributed by atoms with Crippen LogP contribution in [0.5, 0.6) is 11.6 Å². The van der Waals surface area contributed by atoms with Crippen LogP contribution in [0.1, 0.15) is 30.5 Å². The molecular weight excluding hydrogens is 597 g/mol. The van der Waals surface area contributed by atoms with Crippen LogP contribution in [0, 0.1) is 11.7 Å². The van der Waals surface area contributed by atoms with Crippen LogP contribution in [-0.2, 0) is 34.6 Å². The predicted octanol–water partition coefficient (Wildman–Crippen LogP) is 5.55. The molecule has 1 aliphatic heterocycles. The second kappa shape index (κ2) is 12.8. The molecule has 0 bridgehead atoms. The minimum absolute atomic E-state index is 0.00962. The molecule has 43 heavy (non-hydrogen) atoms. The molecule has 0 spiro atoms. The fourth-order valence-electron chi connectivity index (χ4n) is 4.43. The standard InChI is InChI=1S/C30H29ClFN5O5S/c1-19(2)13-23-28(31)34-30(35-29(23)42-18-21-11-7-4-8-12-21)33-22-14-24(32)27(37-16-26(38)36-43(37,39)40)25(15-22)41-17-20-9-5-3-6-10-20/h3-12,14-15,19H,13,16-18H2,1-2H3,(H,36,38)(H,33,34,35). The Hall–Kier alpha value is -4.42. The Labute approximate surface area is 254 Å². The van der Waals surface area contributed by atoms with Gasteiger partial charge in [-0.3, -0.25) is 4.79 Å². The lowest BCUT2D eigenvalue weighted by molar-refractivity contribution is -0.117. The van der Waals surface area contributed by atoms with Crippen LogP contribution >= 0.6 is 11.6 Å². The lowest BCUT2D eigenvalue weighted by atomic mass is 10.1. The summed E-state index contributed by atoms with van der Waals surface area (Å²) in [5.41, 5.74) is 2.09. The number of halogens is 2. The molecule has 3 aromatic carbocycles. The molecule has 13 heteroatoms. The fraction of sp³-hybridized carbons (Fsp3) is 0.233. The van der Waals surface area contributed by atoms with E-state index >= 15 is 4.39 Å². The number of aromatic nitrogens is 2. The van der Waals surface area contributed by atoms with Gasteiger partial charge in [0.15, 0.2) is 5.82 Å². The number of amides is 1. The molecule has 1 fully saturated rings. The Bertz CT molecular complexity index is 1730. The first kappa shape index (κ1) is 30.1. The number of nitrogens with zero attached hydrogens (tertiary/aromatic N) is 3. The Morgan fingerprint density at radius 2 is 1.63 bits per heavy atom. The van der Waals surface area contributed by atoms with Crippen LogP contribution in [0.25, 0.3) is 0 Å². The number of nitrogens with one attached hydrogen (secondary N) is 2. The number of anilines is 3. The molecule has 0 atom stereocenters. The summed E-state index contributed by atoms with van der Waals surface area (Å²) in [7, 11) is -4.31. The number of carbonyl (C=O) groups excluding carboxylic acids is 1. The Morgan fingerprint density at radius 1 is 1.00 bits per heavy atom. The van der Waals surface area contributed by atoms with Gasteiger partial charge in [0, 0.05) is 11.8 Å². The highest BCUT2D eigenvalue weighted by atomic mass is 35.5. The van der Waals surface area contributed by atoms with E-state index < -0.39 is 34.2 Å². The molecule has 1 saturated heterocycles. The number of carbonyl (C=O) groups is 1. The highest BCUT2D eigenvalue weighted by Crippen LogP contribution is 2.38. The van der Waals surface area contributed by atoms with Crippen LogP contribution in [0.3, 0.4) is 0 Å². The van der Waals surface area contributed by atoms with Crippen LogP contribution < -0.4 is 23.8 Å². The van der Waals surface area contributed by atoms with Crippen molar-refractivity contribution >= 4 is 45.0 Å². The first-order chi connectivity index (χ1) is 20.6. The molecule has 4 aromatic rings. The minimum atomic E-state index is -4.31. The number of ether oxygens (including phenoxy) is 2. The van der Waals surface area contributed by atoms with Gasteiger partial charge in [-0.25, -0.2) is 18.4 Å². The van der Waals surface area contributed by atoms with Crippen molar-refractivity contribution in [1.29, 1.82) is 0 Å². The third-order valence-corrected chi connectivity index (χ3v) is 8.03. The van der Waals surface area contributed by atoms with Gasteiger partial charge in [-0.15, -0.1) is 0 Å². The summed E-state index contributed by atoms with van der Waals surface area (Å²) in [6.07, 6.45) is 0.571. The molecule has 0 radical (unpaired) electrons. The van der Waals surface area contributed by atoms with Crippen molar-refractivity contribution in [3.05, 3.63) is 100 Å². The second-order valence-electron chi connectivity index (χ2n) is 10.2. The van der Waals surface area contributed by atoms with Crippen LogP contribution in [0.4, 0.5) is 21.7 Å². The van der Waals surface area contributed by atoms with Gasteiger partial charge in [-0.05, 0) is 29.5 Å². The third-order valence-electron chi connectivity index (χ3n) is 6.34. The highest BCUT2D eigenvalue weighted by molar-refractivity contribution is 7.92. The van der Waals surface area contributed by atoms with E-state index in [1.165, 1.54) is 6.07 Å². The summed E-state index contributed by atoms with van der Waals surface area (Å²) in [6.45, 7) is 3.74. The zero-order chi connectivity index (χ0) is 30.6. The SMILES string of the molecule is CC(C)Cc1c(Cl)nc(Nc2cc(F)c(N3CC(=O)NS3(=O)=O)c(OCc3ccccc3)c2)nc1OCc1ccccc1. The molecule has 2 heterocycles. The van der Waals surface area contributed by atoms with Gasteiger partial charge < -0.3 is 14.8 Å². The summed E-state index contributed by atoms with van der Waals surface area (Å²) in [5.74, 6) is -1.29. The molecular formula is C30H29ClFN5O5S. The summed E-state index contributed by atoms with van der Waals surface area (Å²) in [4.78, 5) is 20.8. The van der Waals surface area contributed by atoms with Crippen molar-refractivity contribution in [2.24, 2.45) is 5.92 Å². The van der Waals surface area contributed by atoms with Gasteiger partial charge >= 0.3 is 10.2 Å². The summed E-state index contributed by atoms with van der Waals surface area (Å²) in [6, 6.07) is 21.1. The molecule has 5 rings (SSSR count). The zero-order valence-electron chi connectivity index (χ0n) is 23.4. The zero-order valence-corrected chi connectivity index (χ0v) is 25.0. The average Bonchev–Trinajstić information content (AvgIpc) is 3.24. The van der Waals surface area contributed by atoms with Crippen LogP contribution in [-0.4, -0.2) is 30.8 Å². The van der Waals surface area contributed by atoms with E-state index in [0.29, 0.717) is 16.3 Å². The molecule has 2 N–H and O–H groups in total. The van der Waals surface area contributed by atoms with Crippen molar-refractivity contribution < 1.29 is 27.1 Å². The van der Waals surface area contributed by atoms with Crippen molar-refractivity contribution in [2.75, 3.05) is 16.2 Å². The molecule has 0 unspecified atom stereocenters. The average molecular weight is 626 g/mol. The van der Waals surface area contributed by atoms with Crippen LogP contribution in [0.2, 0.25) is 5.15 Å². The van der Waals surface area contributed by atoms with E-state index in [1.807, 2.05) is 67.1 Å². The van der Waals surface area contributed by atoms with Gasteiger partial charge in [0.05, 0.1) is 5.56 Å². The number of hydrogen-bond donors (Lipinski definition) is 2. The fourth-order valence-corrected chi connectivity index (χ4v) is 5.83. The van der Waals surface area contributed by atoms with E-state index in [9.17, 15) is 13.2 Å². The lowest BCUT2D eigenvalue weighted by Crippen LogP contribution is -2.30. The normalized spacial score (nSPS) is 14.1. The van der Waals surface area contributed by atoms with Crippen LogP contribution in [0.15, 0.2) is 72.8 Å². The summed E-state index contributed by atoms with van der Waals surface area (Å²) in [5, 5.41) is 3.11. The molecule has 10 nitrogen and oxygen atoms in total. The van der Waals surface area contributed by atoms with E-state index in [2.05, 4.69) is 15.3 Å². The Kier molecular flexibility index (Phi) is 8.97. The van der Waals surface area contributed by atoms with E-state index in [1.54, 1.807) is 12.1 Å². The minimum Gasteiger partial charge on any atom is -0.487 e. The van der Waals surface area contributed by atoms with E-state index in [0.717, 1.165) is 17.2 Å². The summed E-state index contributed by atoms with van der Waals surface area (Å²) < 4.78 is 55.3. The maximum absolute atomic E-state index is 15.7. The highest BCUT2D eigenvalue weighted by Gasteiger charge is 2.38. The van der Waals surface area contributed by atoms with Gasteiger partial charge in [0.2, 0.25) is 11.8 Å². The third kappa shape index (κ3) is 7.33. The summed E-state index contributed by atoms with van der Waals surface area (Å²) >= 11 is 6.58. The molecule has 1 aliphatic rings. The Balaban J connectivity index is 1.49. The second-order valence-corrected chi connectivity index (χ2v) is 12.2. The topological polar surface area (TPSA) is 123 Å². The largest absolute Gasteiger partial charge is 0.487 e. The van der Waals surface area contributed by atoms with Crippen molar-refractivity contribution in [2.45, 2.75) is 33.5 Å². The van der Waals surface area contributed by atoms with Crippen molar-refractivity contribution in [1.82, 2.24) is 14.7 Å². The Morgan fingerprint density at radius 3 is 2.21 bits per heavy atom. The first-order valence-corrected chi connectivity index (χ1v) is 15.2. The van der Waals surface area contributed by atoms with Gasteiger partial charge in [-0.1, -0.05) is 86.1 Å². The van der Waals surface area contributed by atoms with Gasteiger partial charge in [0.1, 0.15) is 36.3 Å². The van der Waals surface area contributed by atoms with Gasteiger partial charge in [0.25, 0.3) is 5.91 Å². The van der Waals surface area contributed by atoms with Crippen molar-refractivity contribution in [3.8, 4) is 11.6 Å². The lowest BCUT2D eigenvalue weighted by Gasteiger charge is -2.21. The monoisotopic (exact) mass is 625 g/mol. The van der Waals surface area contributed by atoms with E-state index in [-0.39, 0.29) is 47.6 Å². The quantitative estimate of drug-likeness (QED) is 0.208. The first-order valence-electron chi connectivity index (χ1n) is 13.4. The maximum atomic E-state index is 15.7. The predicted molar refractivity (Wildman–Crippen MR) is 161 cm³/mol. The molecule has 1 aromatic heterocycles. The smallest absolute Gasteiger partial charge is 0.326 e. The maximum Gasteiger partial charge on any atom is 0.326 e. The van der Waals surface area contributed by atoms with E-state index in [4.69, 9.17) is 21.1 Å². The molecule has 0 saturated carbocycles.